The number of hydrogen-bond donors (Lipinski definition) is 2. The molecule has 2 rings (SSSR count). The van der Waals surface area contributed by atoms with Crippen LogP contribution in [0.4, 0.5) is 0 Å². The molecule has 0 radical (unpaired) electrons. The van der Waals surface area contributed by atoms with Crippen LogP contribution in [0.25, 0.3) is 0 Å². The minimum atomic E-state index is -0.441. The zero-order valence-electron chi connectivity index (χ0n) is 15.3. The maximum atomic E-state index is 12.4. The van der Waals surface area contributed by atoms with Gasteiger partial charge in [0.25, 0.3) is 17.7 Å². The molecule has 0 atom stereocenters. The number of amides is 3. The number of rotatable bonds is 7. The molecule has 0 bridgehead atoms. The van der Waals surface area contributed by atoms with Crippen molar-refractivity contribution in [3.63, 3.8) is 0 Å². The van der Waals surface area contributed by atoms with E-state index in [-0.39, 0.29) is 29.1 Å². The number of hydrogen-bond acceptors (Lipinski definition) is 5. The molecule has 8 nitrogen and oxygen atoms in total. The third kappa shape index (κ3) is 4.69. The minimum absolute atomic E-state index is 0.125. The van der Waals surface area contributed by atoms with E-state index in [1.54, 1.807) is 14.2 Å². The molecule has 1 aliphatic heterocycles. The van der Waals surface area contributed by atoms with Crippen LogP contribution in [0, 0.1) is 0 Å². The highest BCUT2D eigenvalue weighted by atomic mass is 32.1. The van der Waals surface area contributed by atoms with Gasteiger partial charge in [0.1, 0.15) is 0 Å². The van der Waals surface area contributed by atoms with Crippen LogP contribution in [0.2, 0.25) is 0 Å². The van der Waals surface area contributed by atoms with Gasteiger partial charge in [-0.25, -0.2) is 0 Å². The van der Waals surface area contributed by atoms with Crippen molar-refractivity contribution in [2.45, 2.75) is 6.42 Å². The molecule has 1 heterocycles. The SMILES string of the molecule is C=CCN1C(=O)c2ccc(C(=O)NN(C)C(=S)NCCCOC)cc2C1=O. The van der Waals surface area contributed by atoms with Gasteiger partial charge in [0.2, 0.25) is 0 Å². The average molecular weight is 390 g/mol. The highest BCUT2D eigenvalue weighted by Gasteiger charge is 2.35. The normalized spacial score (nSPS) is 12.6. The van der Waals surface area contributed by atoms with Gasteiger partial charge in [0, 0.05) is 39.4 Å². The Balaban J connectivity index is 2.02. The van der Waals surface area contributed by atoms with E-state index >= 15 is 0 Å². The van der Waals surface area contributed by atoms with Crippen LogP contribution in [-0.4, -0.2) is 66.6 Å². The Morgan fingerprint density at radius 3 is 2.70 bits per heavy atom. The molecule has 1 aromatic carbocycles. The number of benzene rings is 1. The Morgan fingerprint density at radius 2 is 2.04 bits per heavy atom. The third-order valence-corrected chi connectivity index (χ3v) is 4.34. The van der Waals surface area contributed by atoms with Gasteiger partial charge in [-0.3, -0.25) is 29.7 Å². The molecule has 0 saturated carbocycles. The second kappa shape index (κ2) is 9.24. The largest absolute Gasteiger partial charge is 0.385 e. The van der Waals surface area contributed by atoms with Gasteiger partial charge >= 0.3 is 0 Å². The number of fused-ring (bicyclic) bond motifs is 1. The fourth-order valence-corrected chi connectivity index (χ4v) is 2.67. The standard InChI is InChI=1S/C18H22N4O4S/c1-4-9-22-16(24)13-7-6-12(11-14(13)17(22)25)15(23)20-21(2)18(27)19-8-5-10-26-3/h4,6-7,11H,1,5,8-10H2,2-3H3,(H,19,27)(H,20,23). The number of methoxy groups -OCH3 is 1. The maximum Gasteiger partial charge on any atom is 0.269 e. The molecule has 3 amide bonds. The van der Waals surface area contributed by atoms with Crippen molar-refractivity contribution in [3.8, 4) is 0 Å². The van der Waals surface area contributed by atoms with E-state index < -0.39 is 11.8 Å². The van der Waals surface area contributed by atoms with Gasteiger partial charge in [0.15, 0.2) is 5.11 Å². The summed E-state index contributed by atoms with van der Waals surface area (Å²) < 4.78 is 4.96. The summed E-state index contributed by atoms with van der Waals surface area (Å²) in [6, 6.07) is 4.39. The van der Waals surface area contributed by atoms with Crippen LogP contribution < -0.4 is 10.7 Å². The number of nitrogens with one attached hydrogen (secondary N) is 2. The lowest BCUT2D eigenvalue weighted by Crippen LogP contribution is -2.48. The van der Waals surface area contributed by atoms with E-state index in [9.17, 15) is 14.4 Å². The molecule has 1 aliphatic rings. The second-order valence-electron chi connectivity index (χ2n) is 5.85. The predicted octanol–water partition coefficient (Wildman–Crippen LogP) is 0.956. The molecular formula is C18H22N4O4S. The lowest BCUT2D eigenvalue weighted by Gasteiger charge is -2.21. The van der Waals surface area contributed by atoms with Crippen molar-refractivity contribution < 1.29 is 19.1 Å². The summed E-state index contributed by atoms with van der Waals surface area (Å²) in [4.78, 5) is 38.1. The number of thiocarbonyl (C=S) groups is 1. The van der Waals surface area contributed by atoms with Gasteiger partial charge in [-0.2, -0.15) is 0 Å². The van der Waals surface area contributed by atoms with Gasteiger partial charge in [0.05, 0.1) is 11.1 Å². The first kappa shape index (κ1) is 20.5. The van der Waals surface area contributed by atoms with Gasteiger partial charge in [-0.05, 0) is 36.8 Å². The molecular weight excluding hydrogens is 368 g/mol. The Labute approximate surface area is 163 Å². The summed E-state index contributed by atoms with van der Waals surface area (Å²) in [6.07, 6.45) is 2.26. The number of ether oxygens (including phenoxy) is 1. The fourth-order valence-electron chi connectivity index (χ4n) is 2.52. The molecule has 0 unspecified atom stereocenters. The monoisotopic (exact) mass is 390 g/mol. The minimum Gasteiger partial charge on any atom is -0.385 e. The molecule has 0 aliphatic carbocycles. The number of nitrogens with zero attached hydrogens (tertiary/aromatic N) is 2. The van der Waals surface area contributed by atoms with E-state index in [1.807, 2.05) is 0 Å². The quantitative estimate of drug-likeness (QED) is 0.236. The Bertz CT molecular complexity index is 781. The summed E-state index contributed by atoms with van der Waals surface area (Å²) >= 11 is 5.20. The highest BCUT2D eigenvalue weighted by Crippen LogP contribution is 2.23. The zero-order valence-corrected chi connectivity index (χ0v) is 16.1. The second-order valence-corrected chi connectivity index (χ2v) is 6.23. The first-order valence-corrected chi connectivity index (χ1v) is 8.74. The Morgan fingerprint density at radius 1 is 1.33 bits per heavy atom. The zero-order chi connectivity index (χ0) is 20.0. The van der Waals surface area contributed by atoms with Crippen molar-refractivity contribution in [1.29, 1.82) is 0 Å². The van der Waals surface area contributed by atoms with Crippen molar-refractivity contribution in [2.24, 2.45) is 0 Å². The first-order valence-electron chi connectivity index (χ1n) is 8.33. The van der Waals surface area contributed by atoms with E-state index in [2.05, 4.69) is 17.3 Å². The van der Waals surface area contributed by atoms with Crippen molar-refractivity contribution >= 4 is 35.1 Å². The number of carbonyl (C=O) groups excluding carboxylic acids is 3. The van der Waals surface area contributed by atoms with Gasteiger partial charge in [-0.15, -0.1) is 6.58 Å². The number of carbonyl (C=O) groups is 3. The van der Waals surface area contributed by atoms with Crippen molar-refractivity contribution in [1.82, 2.24) is 20.7 Å². The summed E-state index contributed by atoms with van der Waals surface area (Å²) in [5.41, 5.74) is 3.36. The molecule has 2 N–H and O–H groups in total. The van der Waals surface area contributed by atoms with Crippen molar-refractivity contribution in [2.75, 3.05) is 33.9 Å². The number of imide groups is 1. The van der Waals surface area contributed by atoms with Crippen LogP contribution in [0.5, 0.6) is 0 Å². The molecule has 9 heteroatoms. The van der Waals surface area contributed by atoms with Crippen LogP contribution in [0.1, 0.15) is 37.5 Å². The Kier molecular flexibility index (Phi) is 7.03. The van der Waals surface area contributed by atoms with Crippen LogP contribution in [0.15, 0.2) is 30.9 Å². The first-order chi connectivity index (χ1) is 12.9. The van der Waals surface area contributed by atoms with Crippen LogP contribution in [0.3, 0.4) is 0 Å². The molecule has 0 aromatic heterocycles. The summed E-state index contributed by atoms with van der Waals surface area (Å²) in [6.45, 7) is 4.89. The summed E-state index contributed by atoms with van der Waals surface area (Å²) in [5, 5.41) is 4.73. The third-order valence-electron chi connectivity index (χ3n) is 3.92. The Hall–Kier alpha value is -2.78. The molecule has 144 valence electrons. The van der Waals surface area contributed by atoms with Crippen molar-refractivity contribution in [3.05, 3.63) is 47.5 Å². The van der Waals surface area contributed by atoms with Crippen LogP contribution in [-0.2, 0) is 4.74 Å². The van der Waals surface area contributed by atoms with E-state index in [0.717, 1.165) is 11.3 Å². The average Bonchev–Trinajstić information content (AvgIpc) is 2.89. The molecule has 0 fully saturated rings. The fraction of sp³-hybridized carbons (Fsp3) is 0.333. The topological polar surface area (TPSA) is 91.0 Å². The van der Waals surface area contributed by atoms with E-state index in [4.69, 9.17) is 17.0 Å². The lowest BCUT2D eigenvalue weighted by molar-refractivity contribution is 0.0671. The predicted molar refractivity (Wildman–Crippen MR) is 104 cm³/mol. The summed E-state index contributed by atoms with van der Waals surface area (Å²) in [5.74, 6) is -1.27. The highest BCUT2D eigenvalue weighted by molar-refractivity contribution is 7.80. The van der Waals surface area contributed by atoms with Gasteiger partial charge in [-0.1, -0.05) is 6.08 Å². The maximum absolute atomic E-state index is 12.4. The van der Waals surface area contributed by atoms with E-state index in [0.29, 0.717) is 18.3 Å². The van der Waals surface area contributed by atoms with E-state index in [1.165, 1.54) is 29.3 Å². The van der Waals surface area contributed by atoms with Crippen LogP contribution >= 0.6 is 12.2 Å². The van der Waals surface area contributed by atoms with Gasteiger partial charge < -0.3 is 10.1 Å². The lowest BCUT2D eigenvalue weighted by atomic mass is 10.1. The number of hydrazine groups is 1. The molecule has 0 saturated heterocycles. The molecule has 27 heavy (non-hydrogen) atoms. The summed E-state index contributed by atoms with van der Waals surface area (Å²) in [7, 11) is 3.23. The smallest absolute Gasteiger partial charge is 0.269 e. The molecule has 0 spiro atoms. The molecule has 1 aromatic rings.